The van der Waals surface area contributed by atoms with Crippen molar-refractivity contribution < 1.29 is 14.6 Å². The first kappa shape index (κ1) is 17.0. The highest BCUT2D eigenvalue weighted by Crippen LogP contribution is 2.22. The van der Waals surface area contributed by atoms with Crippen molar-refractivity contribution in [1.29, 1.82) is 0 Å². The first-order valence-corrected chi connectivity index (χ1v) is 7.65. The average molecular weight is 314 g/mol. The number of pyridine rings is 1. The Morgan fingerprint density at radius 3 is 2.39 bits per heavy atom. The number of hydrogen-bond acceptors (Lipinski definition) is 4. The van der Waals surface area contributed by atoms with E-state index in [1.807, 2.05) is 31.2 Å². The number of nitrogens with one attached hydrogen (secondary N) is 1. The number of aliphatic hydroxyl groups is 1. The number of benzene rings is 1. The lowest BCUT2D eigenvalue weighted by Gasteiger charge is -2.18. The predicted octanol–water partition coefficient (Wildman–Crippen LogP) is 2.43. The Labute approximate surface area is 136 Å². The van der Waals surface area contributed by atoms with E-state index in [2.05, 4.69) is 10.3 Å². The van der Waals surface area contributed by atoms with Crippen LogP contribution in [0.4, 0.5) is 0 Å². The third kappa shape index (κ3) is 4.53. The highest BCUT2D eigenvalue weighted by atomic mass is 16.5. The molecule has 0 saturated carbocycles. The number of carbonyl (C=O) groups is 1. The quantitative estimate of drug-likeness (QED) is 0.823. The molecule has 0 bridgehead atoms. The van der Waals surface area contributed by atoms with Crippen molar-refractivity contribution in [2.24, 2.45) is 0 Å². The fourth-order valence-electron chi connectivity index (χ4n) is 2.43. The van der Waals surface area contributed by atoms with Crippen molar-refractivity contribution in [3.63, 3.8) is 0 Å². The van der Waals surface area contributed by atoms with Crippen molar-refractivity contribution in [3.05, 3.63) is 59.9 Å². The molecule has 2 aromatic rings. The second-order valence-corrected chi connectivity index (χ2v) is 5.28. The molecule has 122 valence electrons. The average Bonchev–Trinajstić information content (AvgIpc) is 2.61. The summed E-state index contributed by atoms with van der Waals surface area (Å²) < 4.78 is 5.13. The van der Waals surface area contributed by atoms with Gasteiger partial charge in [-0.25, -0.2) is 0 Å². The maximum Gasteiger partial charge on any atom is 0.227 e. The zero-order valence-corrected chi connectivity index (χ0v) is 13.4. The summed E-state index contributed by atoms with van der Waals surface area (Å²) in [7, 11) is 1.61. The molecule has 2 unspecified atom stereocenters. The van der Waals surface area contributed by atoms with Gasteiger partial charge in [-0.1, -0.05) is 19.1 Å². The Morgan fingerprint density at radius 1 is 1.17 bits per heavy atom. The van der Waals surface area contributed by atoms with Crippen LogP contribution in [0.5, 0.6) is 5.75 Å². The molecule has 1 aromatic heterocycles. The lowest BCUT2D eigenvalue weighted by molar-refractivity contribution is -0.123. The fourth-order valence-corrected chi connectivity index (χ4v) is 2.43. The first-order chi connectivity index (χ1) is 11.2. The molecule has 0 spiro atoms. The topological polar surface area (TPSA) is 71.5 Å². The Bertz CT molecular complexity index is 614. The number of amides is 1. The fraction of sp³-hybridized carbons (Fsp3) is 0.333. The predicted molar refractivity (Wildman–Crippen MR) is 88.2 cm³/mol. The van der Waals surface area contributed by atoms with E-state index in [9.17, 15) is 9.90 Å². The lowest BCUT2D eigenvalue weighted by atomic mass is 9.95. The summed E-state index contributed by atoms with van der Waals surface area (Å²) in [5.74, 6) is 0.424. The van der Waals surface area contributed by atoms with Gasteiger partial charge in [-0.2, -0.15) is 0 Å². The van der Waals surface area contributed by atoms with Crippen LogP contribution in [0.1, 0.15) is 36.5 Å². The summed E-state index contributed by atoms with van der Waals surface area (Å²) >= 11 is 0. The number of aliphatic hydroxyl groups excluding tert-OH is 1. The van der Waals surface area contributed by atoms with Gasteiger partial charge in [0, 0.05) is 18.9 Å². The van der Waals surface area contributed by atoms with E-state index >= 15 is 0 Å². The van der Waals surface area contributed by atoms with E-state index in [0.717, 1.165) is 16.9 Å². The van der Waals surface area contributed by atoms with Crippen LogP contribution < -0.4 is 10.1 Å². The molecule has 1 amide bonds. The molecule has 2 rings (SSSR count). The molecule has 1 heterocycles. The maximum absolute atomic E-state index is 12.4. The van der Waals surface area contributed by atoms with Gasteiger partial charge in [0.25, 0.3) is 0 Å². The Hall–Kier alpha value is -2.40. The molecule has 0 aliphatic carbocycles. The van der Waals surface area contributed by atoms with Gasteiger partial charge in [0.15, 0.2) is 0 Å². The van der Waals surface area contributed by atoms with Gasteiger partial charge in [0.1, 0.15) is 5.75 Å². The molecule has 0 radical (unpaired) electrons. The molecule has 0 aliphatic rings. The van der Waals surface area contributed by atoms with Crippen LogP contribution in [0, 0.1) is 0 Å². The number of hydrogen-bond donors (Lipinski definition) is 2. The summed E-state index contributed by atoms with van der Waals surface area (Å²) in [6.07, 6.45) is 3.18. The van der Waals surface area contributed by atoms with Gasteiger partial charge >= 0.3 is 0 Å². The summed E-state index contributed by atoms with van der Waals surface area (Å²) in [5.41, 5.74) is 1.67. The Morgan fingerprint density at radius 2 is 1.83 bits per heavy atom. The summed E-state index contributed by atoms with van der Waals surface area (Å²) in [6, 6.07) is 10.9. The van der Waals surface area contributed by atoms with E-state index < -0.39 is 6.10 Å². The summed E-state index contributed by atoms with van der Waals surface area (Å²) in [4.78, 5) is 16.3. The van der Waals surface area contributed by atoms with E-state index in [4.69, 9.17) is 4.74 Å². The summed E-state index contributed by atoms with van der Waals surface area (Å²) in [5, 5.41) is 12.9. The van der Waals surface area contributed by atoms with Crippen LogP contribution in [-0.2, 0) is 4.79 Å². The Kier molecular flexibility index (Phi) is 6.11. The third-order valence-electron chi connectivity index (χ3n) is 3.80. The zero-order chi connectivity index (χ0) is 16.7. The van der Waals surface area contributed by atoms with Crippen LogP contribution in [0.2, 0.25) is 0 Å². The van der Waals surface area contributed by atoms with Crippen LogP contribution >= 0.6 is 0 Å². The van der Waals surface area contributed by atoms with E-state index in [1.165, 1.54) is 0 Å². The summed E-state index contributed by atoms with van der Waals surface area (Å²) in [6.45, 7) is 2.14. The molecule has 5 heteroatoms. The number of aromatic nitrogens is 1. The Balaban J connectivity index is 1.97. The van der Waals surface area contributed by atoms with Gasteiger partial charge < -0.3 is 15.2 Å². The normalized spacial score (nSPS) is 13.2. The van der Waals surface area contributed by atoms with E-state index in [-0.39, 0.29) is 18.4 Å². The van der Waals surface area contributed by atoms with Gasteiger partial charge in [-0.3, -0.25) is 9.78 Å². The minimum Gasteiger partial charge on any atom is -0.497 e. The highest BCUT2D eigenvalue weighted by molar-refractivity contribution is 5.83. The molecule has 0 aliphatic heterocycles. The van der Waals surface area contributed by atoms with Crippen LogP contribution in [0.15, 0.2) is 48.8 Å². The highest BCUT2D eigenvalue weighted by Gasteiger charge is 2.19. The number of methoxy groups -OCH3 is 1. The van der Waals surface area contributed by atoms with Crippen molar-refractivity contribution in [1.82, 2.24) is 10.3 Å². The number of carbonyl (C=O) groups excluding carboxylic acids is 1. The molecule has 1 aromatic carbocycles. The molecular formula is C18H22N2O3. The van der Waals surface area contributed by atoms with E-state index in [0.29, 0.717) is 6.42 Å². The lowest BCUT2D eigenvalue weighted by Crippen LogP contribution is -2.32. The van der Waals surface area contributed by atoms with Crippen LogP contribution in [0.25, 0.3) is 0 Å². The molecule has 23 heavy (non-hydrogen) atoms. The molecular weight excluding hydrogens is 292 g/mol. The molecule has 2 N–H and O–H groups in total. The van der Waals surface area contributed by atoms with Crippen LogP contribution in [-0.4, -0.2) is 29.7 Å². The molecule has 0 saturated heterocycles. The van der Waals surface area contributed by atoms with Gasteiger partial charge in [-0.15, -0.1) is 0 Å². The number of nitrogens with zero attached hydrogens (tertiary/aromatic N) is 1. The molecule has 5 nitrogen and oxygen atoms in total. The van der Waals surface area contributed by atoms with Gasteiger partial charge in [-0.05, 0) is 41.8 Å². The largest absolute Gasteiger partial charge is 0.497 e. The second-order valence-electron chi connectivity index (χ2n) is 5.28. The smallest absolute Gasteiger partial charge is 0.227 e. The first-order valence-electron chi connectivity index (χ1n) is 7.65. The number of rotatable bonds is 7. The minimum absolute atomic E-state index is 0.0919. The zero-order valence-electron chi connectivity index (χ0n) is 13.4. The molecule has 0 fully saturated rings. The van der Waals surface area contributed by atoms with E-state index in [1.54, 1.807) is 31.6 Å². The second kappa shape index (κ2) is 8.29. The SMILES string of the molecule is CCC(C(=O)NCC(O)c1ccncc1)c1ccc(OC)cc1. The van der Waals surface area contributed by atoms with Crippen molar-refractivity contribution in [2.75, 3.05) is 13.7 Å². The van der Waals surface area contributed by atoms with Crippen molar-refractivity contribution in [2.45, 2.75) is 25.4 Å². The minimum atomic E-state index is -0.740. The maximum atomic E-state index is 12.4. The molecule has 2 atom stereocenters. The van der Waals surface area contributed by atoms with Gasteiger partial charge in [0.05, 0.1) is 19.1 Å². The van der Waals surface area contributed by atoms with Crippen molar-refractivity contribution >= 4 is 5.91 Å². The monoisotopic (exact) mass is 314 g/mol. The van der Waals surface area contributed by atoms with Crippen molar-refractivity contribution in [3.8, 4) is 5.75 Å². The van der Waals surface area contributed by atoms with Gasteiger partial charge in [0.2, 0.25) is 5.91 Å². The third-order valence-corrected chi connectivity index (χ3v) is 3.80. The number of ether oxygens (including phenoxy) is 1. The standard InChI is InChI=1S/C18H22N2O3/c1-3-16(13-4-6-15(23-2)7-5-13)18(22)20-12-17(21)14-8-10-19-11-9-14/h4-11,16-17,21H,3,12H2,1-2H3,(H,20,22). The van der Waals surface area contributed by atoms with Crippen LogP contribution in [0.3, 0.4) is 0 Å².